The van der Waals surface area contributed by atoms with Crippen LogP contribution in [0.15, 0.2) is 53.3 Å². The van der Waals surface area contributed by atoms with E-state index in [-0.39, 0.29) is 18.0 Å². The summed E-state index contributed by atoms with van der Waals surface area (Å²) in [7, 11) is 1.58. The molecule has 27 heavy (non-hydrogen) atoms. The number of likely N-dealkylation sites (N-methyl/N-ethyl adjacent to an activating group) is 1. The number of methoxy groups -OCH3 is 1. The fraction of sp³-hybridized carbons (Fsp3) is 0.250. The van der Waals surface area contributed by atoms with Gasteiger partial charge < -0.3 is 19.9 Å². The smallest absolute Gasteiger partial charge is 0.279 e. The van der Waals surface area contributed by atoms with Gasteiger partial charge in [-0.05, 0) is 31.2 Å². The molecule has 0 radical (unpaired) electrons. The topological polar surface area (TPSA) is 88.5 Å². The van der Waals surface area contributed by atoms with Crippen molar-refractivity contribution < 1.29 is 14.4 Å². The summed E-state index contributed by atoms with van der Waals surface area (Å²) in [5.41, 5.74) is 1.19. The summed E-state index contributed by atoms with van der Waals surface area (Å²) in [5.74, 6) is 1.15. The first-order chi connectivity index (χ1) is 13.1. The summed E-state index contributed by atoms with van der Waals surface area (Å²) >= 11 is 0. The number of quaternary nitrogens is 1. The summed E-state index contributed by atoms with van der Waals surface area (Å²) in [6, 6.07) is 14.5. The van der Waals surface area contributed by atoms with E-state index < -0.39 is 0 Å². The second-order valence-electron chi connectivity index (χ2n) is 6.27. The fourth-order valence-corrected chi connectivity index (χ4v) is 2.90. The maximum atomic E-state index is 12.4. The first-order valence-electron chi connectivity index (χ1n) is 8.84. The number of amides is 1. The van der Waals surface area contributed by atoms with Crippen LogP contribution in [0.3, 0.4) is 0 Å². The minimum Gasteiger partial charge on any atom is -0.497 e. The predicted octanol–water partition coefficient (Wildman–Crippen LogP) is 0.975. The number of para-hydroxylation sites is 1. The zero-order valence-electron chi connectivity index (χ0n) is 15.4. The molecule has 2 aromatic carbocycles. The van der Waals surface area contributed by atoms with Gasteiger partial charge in [0.2, 0.25) is 0 Å². The standard InChI is InChI=1S/C20H22N4O3/c1-3-24(13-19(25)21-14-7-6-8-15(11-14)27-2)12-18-22-17-10-5-4-9-16(17)20(26)23-18/h4-11H,3,12-13H2,1-2H3,(H,21,25)(H,22,23,26)/p+1. The van der Waals surface area contributed by atoms with E-state index in [0.29, 0.717) is 34.7 Å². The largest absolute Gasteiger partial charge is 0.497 e. The van der Waals surface area contributed by atoms with Crippen molar-refractivity contribution >= 4 is 22.5 Å². The van der Waals surface area contributed by atoms with Crippen molar-refractivity contribution in [2.75, 3.05) is 25.5 Å². The lowest BCUT2D eigenvalue weighted by molar-refractivity contribution is -0.904. The van der Waals surface area contributed by atoms with Crippen LogP contribution in [0.1, 0.15) is 12.7 Å². The van der Waals surface area contributed by atoms with Crippen molar-refractivity contribution in [1.29, 1.82) is 0 Å². The van der Waals surface area contributed by atoms with E-state index in [2.05, 4.69) is 15.3 Å². The summed E-state index contributed by atoms with van der Waals surface area (Å²) < 4.78 is 5.17. The molecule has 1 amide bonds. The lowest BCUT2D eigenvalue weighted by Gasteiger charge is -2.17. The molecule has 0 spiro atoms. The van der Waals surface area contributed by atoms with E-state index in [9.17, 15) is 9.59 Å². The van der Waals surface area contributed by atoms with Gasteiger partial charge in [0.15, 0.2) is 12.4 Å². The number of carbonyl (C=O) groups is 1. The second-order valence-corrected chi connectivity index (χ2v) is 6.27. The third kappa shape index (κ3) is 4.71. The summed E-state index contributed by atoms with van der Waals surface area (Å²) in [6.07, 6.45) is 0. The van der Waals surface area contributed by atoms with Crippen LogP contribution in [-0.4, -0.2) is 36.1 Å². The van der Waals surface area contributed by atoms with Crippen molar-refractivity contribution in [2.45, 2.75) is 13.5 Å². The van der Waals surface area contributed by atoms with Gasteiger partial charge in [-0.15, -0.1) is 0 Å². The van der Waals surface area contributed by atoms with E-state index in [0.717, 1.165) is 11.4 Å². The number of aromatic amines is 1. The number of benzene rings is 2. The Hall–Kier alpha value is -3.19. The molecule has 140 valence electrons. The Labute approximate surface area is 157 Å². The Morgan fingerprint density at radius 1 is 1.22 bits per heavy atom. The molecular weight excluding hydrogens is 344 g/mol. The highest BCUT2D eigenvalue weighted by Crippen LogP contribution is 2.16. The van der Waals surface area contributed by atoms with Crippen LogP contribution in [0.5, 0.6) is 5.75 Å². The number of rotatable bonds is 7. The van der Waals surface area contributed by atoms with Gasteiger partial charge in [0.25, 0.3) is 11.5 Å². The normalized spacial score (nSPS) is 11.9. The van der Waals surface area contributed by atoms with Crippen molar-refractivity contribution in [2.24, 2.45) is 0 Å². The van der Waals surface area contributed by atoms with Gasteiger partial charge in [-0.25, -0.2) is 4.98 Å². The minimum atomic E-state index is -0.160. The summed E-state index contributed by atoms with van der Waals surface area (Å²) in [4.78, 5) is 32.9. The number of H-pyrrole nitrogens is 1. The zero-order chi connectivity index (χ0) is 19.2. The highest BCUT2D eigenvalue weighted by atomic mass is 16.5. The molecule has 0 saturated heterocycles. The predicted molar refractivity (Wildman–Crippen MR) is 104 cm³/mol. The van der Waals surface area contributed by atoms with Gasteiger partial charge in [0.05, 0.1) is 24.6 Å². The SMILES string of the molecule is CC[NH+](CC(=O)Nc1cccc(OC)c1)Cc1nc2ccccc2c(=O)[nH]1. The fourth-order valence-electron chi connectivity index (χ4n) is 2.90. The van der Waals surface area contributed by atoms with E-state index in [4.69, 9.17) is 4.74 Å². The molecule has 1 unspecified atom stereocenters. The molecule has 0 aliphatic rings. The number of carbonyl (C=O) groups excluding carboxylic acids is 1. The number of nitrogens with one attached hydrogen (secondary N) is 3. The minimum absolute atomic E-state index is 0.108. The number of ether oxygens (including phenoxy) is 1. The molecule has 0 bridgehead atoms. The summed E-state index contributed by atoms with van der Waals surface area (Å²) in [5, 5.41) is 3.44. The first-order valence-corrected chi connectivity index (χ1v) is 8.84. The quantitative estimate of drug-likeness (QED) is 0.581. The van der Waals surface area contributed by atoms with Gasteiger partial charge in [0, 0.05) is 11.8 Å². The molecule has 7 nitrogen and oxygen atoms in total. The van der Waals surface area contributed by atoms with Crippen molar-refractivity contribution in [3.05, 3.63) is 64.7 Å². The van der Waals surface area contributed by atoms with E-state index in [1.807, 2.05) is 43.3 Å². The number of hydrogen-bond acceptors (Lipinski definition) is 4. The lowest BCUT2D eigenvalue weighted by Crippen LogP contribution is -3.11. The molecule has 3 aromatic rings. The van der Waals surface area contributed by atoms with Crippen LogP contribution in [0, 0.1) is 0 Å². The lowest BCUT2D eigenvalue weighted by atomic mass is 10.2. The highest BCUT2D eigenvalue weighted by Gasteiger charge is 2.15. The Balaban J connectivity index is 1.68. The number of nitrogens with zero attached hydrogens (tertiary/aromatic N) is 1. The Kier molecular flexibility index (Phi) is 5.83. The number of anilines is 1. The number of fused-ring (bicyclic) bond motifs is 1. The van der Waals surface area contributed by atoms with Crippen LogP contribution in [0.4, 0.5) is 5.69 Å². The van der Waals surface area contributed by atoms with Crippen LogP contribution in [0.25, 0.3) is 10.9 Å². The molecule has 1 aromatic heterocycles. The third-order valence-corrected chi connectivity index (χ3v) is 4.34. The van der Waals surface area contributed by atoms with Gasteiger partial charge in [-0.3, -0.25) is 9.59 Å². The van der Waals surface area contributed by atoms with Crippen molar-refractivity contribution in [1.82, 2.24) is 9.97 Å². The monoisotopic (exact) mass is 367 g/mol. The van der Waals surface area contributed by atoms with Gasteiger partial charge >= 0.3 is 0 Å². The maximum absolute atomic E-state index is 12.4. The van der Waals surface area contributed by atoms with Crippen molar-refractivity contribution in [3.63, 3.8) is 0 Å². The van der Waals surface area contributed by atoms with Crippen LogP contribution < -0.4 is 20.5 Å². The van der Waals surface area contributed by atoms with Crippen LogP contribution >= 0.6 is 0 Å². The first kappa shape index (κ1) is 18.6. The number of aromatic nitrogens is 2. The molecule has 3 rings (SSSR count). The molecule has 7 heteroatoms. The molecule has 0 fully saturated rings. The second kappa shape index (κ2) is 8.46. The maximum Gasteiger partial charge on any atom is 0.279 e. The highest BCUT2D eigenvalue weighted by molar-refractivity contribution is 5.91. The van der Waals surface area contributed by atoms with E-state index in [1.54, 1.807) is 19.2 Å². The zero-order valence-corrected chi connectivity index (χ0v) is 15.4. The molecule has 0 aliphatic carbocycles. The van der Waals surface area contributed by atoms with E-state index in [1.165, 1.54) is 0 Å². The molecule has 1 heterocycles. The van der Waals surface area contributed by atoms with Gasteiger partial charge in [-0.1, -0.05) is 18.2 Å². The Bertz CT molecular complexity index is 1000. The third-order valence-electron chi connectivity index (χ3n) is 4.34. The average molecular weight is 367 g/mol. The summed E-state index contributed by atoms with van der Waals surface area (Å²) in [6.45, 7) is 3.45. The average Bonchev–Trinajstić information content (AvgIpc) is 2.67. The van der Waals surface area contributed by atoms with E-state index >= 15 is 0 Å². The van der Waals surface area contributed by atoms with Gasteiger partial charge in [-0.2, -0.15) is 0 Å². The van der Waals surface area contributed by atoms with Crippen LogP contribution in [-0.2, 0) is 11.3 Å². The van der Waals surface area contributed by atoms with Crippen LogP contribution in [0.2, 0.25) is 0 Å². The Morgan fingerprint density at radius 3 is 2.81 bits per heavy atom. The molecule has 0 aliphatic heterocycles. The molecule has 0 saturated carbocycles. The molecule has 1 atom stereocenters. The molecular formula is C20H23N4O3+. The van der Waals surface area contributed by atoms with Crippen molar-refractivity contribution in [3.8, 4) is 5.75 Å². The van der Waals surface area contributed by atoms with Gasteiger partial charge in [0.1, 0.15) is 12.3 Å². The Morgan fingerprint density at radius 2 is 2.04 bits per heavy atom. The number of hydrogen-bond donors (Lipinski definition) is 3. The molecule has 3 N–H and O–H groups in total.